The molecular weight excluding hydrogens is 316 g/mol. The van der Waals surface area contributed by atoms with Gasteiger partial charge in [0.25, 0.3) is 5.91 Å². The van der Waals surface area contributed by atoms with Gasteiger partial charge in [0.2, 0.25) is 0 Å². The van der Waals surface area contributed by atoms with Gasteiger partial charge in [0.1, 0.15) is 5.69 Å². The van der Waals surface area contributed by atoms with Crippen LogP contribution >= 0.6 is 0 Å². The normalized spacial score (nSPS) is 23.8. The van der Waals surface area contributed by atoms with Gasteiger partial charge in [-0.15, -0.1) is 0 Å². The van der Waals surface area contributed by atoms with Crippen LogP contribution in [0.1, 0.15) is 29.8 Å². The van der Waals surface area contributed by atoms with Crippen molar-refractivity contribution in [2.45, 2.75) is 31.4 Å². The number of hydrogen-bond donors (Lipinski definition) is 2. The van der Waals surface area contributed by atoms with Crippen LogP contribution in [0.25, 0.3) is 11.3 Å². The van der Waals surface area contributed by atoms with Gasteiger partial charge in [-0.3, -0.25) is 14.8 Å². The van der Waals surface area contributed by atoms with E-state index in [2.05, 4.69) is 20.4 Å². The Labute approximate surface area is 147 Å². The summed E-state index contributed by atoms with van der Waals surface area (Å²) >= 11 is 0. The first-order valence-corrected chi connectivity index (χ1v) is 9.04. The van der Waals surface area contributed by atoms with Crippen LogP contribution in [0.4, 0.5) is 0 Å². The third kappa shape index (κ3) is 3.75. The molecule has 0 aliphatic carbocycles. The maximum Gasteiger partial charge on any atom is 0.269 e. The van der Waals surface area contributed by atoms with E-state index in [1.807, 2.05) is 30.3 Å². The lowest BCUT2D eigenvalue weighted by molar-refractivity contribution is -0.0725. The summed E-state index contributed by atoms with van der Waals surface area (Å²) < 4.78 is 5.93. The first-order chi connectivity index (χ1) is 12.3. The number of fused-ring (bicyclic) bond motifs is 1. The third-order valence-electron chi connectivity index (χ3n) is 5.09. The SMILES string of the molecule is O=C(NC[C@@H]1CN2CCCC[C@H]2CO1)c1cc(-c2ccccc2)n[nH]1. The van der Waals surface area contributed by atoms with E-state index in [0.717, 1.165) is 31.0 Å². The highest BCUT2D eigenvalue weighted by molar-refractivity contribution is 5.93. The van der Waals surface area contributed by atoms with Gasteiger partial charge < -0.3 is 10.1 Å². The number of nitrogens with zero attached hydrogens (tertiary/aromatic N) is 2. The van der Waals surface area contributed by atoms with Crippen LogP contribution in [-0.4, -0.2) is 59.4 Å². The lowest BCUT2D eigenvalue weighted by atomic mass is 10.0. The number of hydrogen-bond acceptors (Lipinski definition) is 4. The highest BCUT2D eigenvalue weighted by Gasteiger charge is 2.30. The Bertz CT molecular complexity index is 715. The fraction of sp³-hybridized carbons (Fsp3) is 0.474. The van der Waals surface area contributed by atoms with E-state index < -0.39 is 0 Å². The standard InChI is InChI=1S/C19H24N4O2/c24-19(18-10-17(21-22-18)14-6-2-1-3-7-14)20-11-16-12-23-9-5-4-8-15(23)13-25-16/h1-3,6-7,10,15-16H,4-5,8-9,11-13H2,(H,20,24)(H,21,22)/t15-,16+/m0/s1. The van der Waals surface area contributed by atoms with Crippen molar-refractivity contribution in [2.75, 3.05) is 26.2 Å². The maximum absolute atomic E-state index is 12.4. The van der Waals surface area contributed by atoms with E-state index in [0.29, 0.717) is 18.3 Å². The molecule has 2 N–H and O–H groups in total. The Hall–Kier alpha value is -2.18. The first-order valence-electron chi connectivity index (χ1n) is 9.04. The van der Waals surface area contributed by atoms with Crippen molar-refractivity contribution in [3.63, 3.8) is 0 Å². The van der Waals surface area contributed by atoms with E-state index in [9.17, 15) is 4.79 Å². The molecule has 2 aromatic rings. The second-order valence-electron chi connectivity index (χ2n) is 6.84. The second kappa shape index (κ2) is 7.37. The Morgan fingerprint density at radius 3 is 3.08 bits per heavy atom. The number of nitrogens with one attached hydrogen (secondary N) is 2. The zero-order valence-corrected chi connectivity index (χ0v) is 14.3. The second-order valence-corrected chi connectivity index (χ2v) is 6.84. The Morgan fingerprint density at radius 1 is 1.32 bits per heavy atom. The molecule has 2 saturated heterocycles. The summed E-state index contributed by atoms with van der Waals surface area (Å²) in [6.45, 7) is 3.37. The van der Waals surface area contributed by atoms with E-state index in [4.69, 9.17) is 4.74 Å². The van der Waals surface area contributed by atoms with Crippen molar-refractivity contribution in [1.82, 2.24) is 20.4 Å². The number of piperidine rings is 1. The number of aromatic amines is 1. The predicted molar refractivity (Wildman–Crippen MR) is 95.3 cm³/mol. The largest absolute Gasteiger partial charge is 0.373 e. The zero-order chi connectivity index (χ0) is 17.1. The fourth-order valence-corrected chi connectivity index (χ4v) is 3.67. The highest BCUT2D eigenvalue weighted by atomic mass is 16.5. The quantitative estimate of drug-likeness (QED) is 0.894. The molecule has 2 aliphatic heterocycles. The molecule has 1 aromatic heterocycles. The average Bonchev–Trinajstić information content (AvgIpc) is 3.17. The van der Waals surface area contributed by atoms with Crippen LogP contribution < -0.4 is 5.32 Å². The van der Waals surface area contributed by atoms with E-state index in [-0.39, 0.29) is 12.0 Å². The summed E-state index contributed by atoms with van der Waals surface area (Å²) in [6, 6.07) is 12.2. The lowest BCUT2D eigenvalue weighted by Gasteiger charge is -2.42. The van der Waals surface area contributed by atoms with Crippen LogP contribution in [0.3, 0.4) is 0 Å². The number of carbonyl (C=O) groups excluding carboxylic acids is 1. The van der Waals surface area contributed by atoms with Crippen LogP contribution in [0, 0.1) is 0 Å². The molecule has 0 radical (unpaired) electrons. The molecule has 2 atom stereocenters. The molecule has 6 nitrogen and oxygen atoms in total. The smallest absolute Gasteiger partial charge is 0.269 e. The number of amides is 1. The molecule has 1 amide bonds. The molecule has 0 spiro atoms. The van der Waals surface area contributed by atoms with Gasteiger partial charge in [0.15, 0.2) is 0 Å². The summed E-state index contributed by atoms with van der Waals surface area (Å²) in [5.41, 5.74) is 2.24. The maximum atomic E-state index is 12.4. The molecule has 2 aliphatic rings. The monoisotopic (exact) mass is 340 g/mol. The lowest BCUT2D eigenvalue weighted by Crippen LogP contribution is -2.54. The molecule has 132 valence electrons. The molecule has 0 unspecified atom stereocenters. The predicted octanol–water partition coefficient (Wildman–Crippen LogP) is 2.06. The van der Waals surface area contributed by atoms with Gasteiger partial charge >= 0.3 is 0 Å². The van der Waals surface area contributed by atoms with Gasteiger partial charge in [0.05, 0.1) is 18.4 Å². The Morgan fingerprint density at radius 2 is 2.20 bits per heavy atom. The molecular formula is C19H24N4O2. The third-order valence-corrected chi connectivity index (χ3v) is 5.09. The Kier molecular flexibility index (Phi) is 4.81. The summed E-state index contributed by atoms with van der Waals surface area (Å²) in [6.07, 6.45) is 3.87. The average molecular weight is 340 g/mol. The minimum Gasteiger partial charge on any atom is -0.373 e. The van der Waals surface area contributed by atoms with E-state index in [1.54, 1.807) is 6.07 Å². The van der Waals surface area contributed by atoms with E-state index in [1.165, 1.54) is 19.3 Å². The number of benzene rings is 1. The first kappa shape index (κ1) is 16.3. The number of rotatable bonds is 4. The molecule has 0 saturated carbocycles. The van der Waals surface area contributed by atoms with Gasteiger partial charge in [-0.25, -0.2) is 0 Å². The Balaban J connectivity index is 1.31. The minimum absolute atomic E-state index is 0.0646. The molecule has 0 bridgehead atoms. The highest BCUT2D eigenvalue weighted by Crippen LogP contribution is 2.22. The van der Waals surface area contributed by atoms with Gasteiger partial charge in [-0.1, -0.05) is 36.8 Å². The number of carbonyl (C=O) groups is 1. The molecule has 25 heavy (non-hydrogen) atoms. The molecule has 3 heterocycles. The van der Waals surface area contributed by atoms with Crippen LogP contribution in [0.15, 0.2) is 36.4 Å². The van der Waals surface area contributed by atoms with Crippen molar-refractivity contribution in [3.8, 4) is 11.3 Å². The van der Waals surface area contributed by atoms with Gasteiger partial charge in [0, 0.05) is 24.7 Å². The molecule has 2 fully saturated rings. The summed E-state index contributed by atoms with van der Waals surface area (Å²) in [7, 11) is 0. The molecule has 6 heteroatoms. The van der Waals surface area contributed by atoms with Gasteiger partial charge in [-0.2, -0.15) is 5.10 Å². The summed E-state index contributed by atoms with van der Waals surface area (Å²) in [5.74, 6) is -0.140. The zero-order valence-electron chi connectivity index (χ0n) is 14.3. The number of aromatic nitrogens is 2. The van der Waals surface area contributed by atoms with Crippen LogP contribution in [0.5, 0.6) is 0 Å². The fourth-order valence-electron chi connectivity index (χ4n) is 3.67. The van der Waals surface area contributed by atoms with Crippen LogP contribution in [0.2, 0.25) is 0 Å². The number of morpholine rings is 1. The summed E-state index contributed by atoms with van der Waals surface area (Å²) in [5, 5.41) is 10.0. The number of ether oxygens (including phenoxy) is 1. The van der Waals surface area contributed by atoms with Crippen LogP contribution in [-0.2, 0) is 4.74 Å². The van der Waals surface area contributed by atoms with E-state index >= 15 is 0 Å². The van der Waals surface area contributed by atoms with Crippen molar-refractivity contribution < 1.29 is 9.53 Å². The van der Waals surface area contributed by atoms with Crippen molar-refractivity contribution in [2.24, 2.45) is 0 Å². The minimum atomic E-state index is -0.140. The summed E-state index contributed by atoms with van der Waals surface area (Å²) in [4.78, 5) is 14.9. The molecule has 4 rings (SSSR count). The van der Waals surface area contributed by atoms with Gasteiger partial charge in [-0.05, 0) is 25.5 Å². The number of H-pyrrole nitrogens is 1. The molecule has 1 aromatic carbocycles. The van der Waals surface area contributed by atoms with Crippen molar-refractivity contribution in [1.29, 1.82) is 0 Å². The van der Waals surface area contributed by atoms with Crippen molar-refractivity contribution in [3.05, 3.63) is 42.1 Å². The topological polar surface area (TPSA) is 70.2 Å². The van der Waals surface area contributed by atoms with Crippen molar-refractivity contribution >= 4 is 5.91 Å².